The van der Waals surface area contributed by atoms with E-state index in [1.54, 1.807) is 25.7 Å². The fourth-order valence-corrected chi connectivity index (χ4v) is 9.43. The van der Waals surface area contributed by atoms with Crippen LogP contribution in [-0.2, 0) is 47.0 Å². The van der Waals surface area contributed by atoms with E-state index in [0.717, 1.165) is 16.7 Å². The fraction of sp³-hybridized carbons (Fsp3) is 0.649. The molecule has 1 aromatic rings. The molecule has 1 saturated heterocycles. The Morgan fingerprint density at radius 2 is 1.87 bits per heavy atom. The molecule has 6 aliphatic rings. The Morgan fingerprint density at radius 3 is 2.57 bits per heavy atom. The van der Waals surface area contributed by atoms with Crippen molar-refractivity contribution in [2.24, 2.45) is 16.7 Å². The van der Waals surface area contributed by atoms with Crippen molar-refractivity contribution < 1.29 is 51.3 Å². The van der Waals surface area contributed by atoms with Crippen molar-refractivity contribution in [3.63, 3.8) is 0 Å². The van der Waals surface area contributed by atoms with Crippen LogP contribution in [0.3, 0.4) is 0 Å². The van der Waals surface area contributed by atoms with Crippen molar-refractivity contribution in [3.05, 3.63) is 28.8 Å². The third kappa shape index (κ3) is 7.30. The standard InChI is InChI=1S/C37H48N4O11S/c1-5-22-15-37(22,33(44)39-53(47,48)24-10-11-24)16-28(42)27-14-23-18-41(27)32(43)31(36(2,3)4)38-34(45)49-12-8-6-7-9-25-26-19-40(35(46)52-23)17-21(26)13-29-30(25)51-20-50-29/h7,9,13,22-24,27,31H,5-6,8,10-12,14-20H2,1-4H3,(H,38,45)(H,39,44)/b9-7-/t22-,23+,27?,31+,37-/m0/s1. The van der Waals surface area contributed by atoms with E-state index in [1.165, 1.54) is 4.90 Å². The third-order valence-electron chi connectivity index (χ3n) is 11.3. The van der Waals surface area contributed by atoms with Crippen molar-refractivity contribution in [2.75, 3.05) is 19.9 Å². The summed E-state index contributed by atoms with van der Waals surface area (Å²) in [7, 11) is -3.85. The zero-order valence-corrected chi connectivity index (χ0v) is 31.4. The van der Waals surface area contributed by atoms with E-state index in [0.29, 0.717) is 50.0 Å². The number of ether oxygens (including phenoxy) is 4. The average molecular weight is 757 g/mol. The summed E-state index contributed by atoms with van der Waals surface area (Å²) in [6.45, 7) is 7.78. The van der Waals surface area contributed by atoms with Gasteiger partial charge in [-0.25, -0.2) is 18.0 Å². The van der Waals surface area contributed by atoms with Crippen molar-refractivity contribution in [1.29, 1.82) is 0 Å². The summed E-state index contributed by atoms with van der Waals surface area (Å²) in [4.78, 5) is 72.0. The van der Waals surface area contributed by atoms with Gasteiger partial charge in [0, 0.05) is 24.9 Å². The van der Waals surface area contributed by atoms with Crippen LogP contribution in [0.25, 0.3) is 6.08 Å². The first kappa shape index (κ1) is 37.0. The number of ketones is 1. The van der Waals surface area contributed by atoms with Crippen LogP contribution in [0.15, 0.2) is 12.1 Å². The first-order valence-electron chi connectivity index (χ1n) is 18.5. The molecule has 1 aromatic carbocycles. The second-order valence-corrected chi connectivity index (χ2v) is 18.1. The van der Waals surface area contributed by atoms with Gasteiger partial charge in [-0.2, -0.15) is 0 Å². The minimum Gasteiger partial charge on any atom is -0.454 e. The van der Waals surface area contributed by atoms with Crippen LogP contribution < -0.4 is 19.5 Å². The number of carbonyl (C=O) groups is 5. The number of hydrogen-bond donors (Lipinski definition) is 2. The lowest BCUT2D eigenvalue weighted by molar-refractivity contribution is -0.142. The van der Waals surface area contributed by atoms with Gasteiger partial charge in [0.15, 0.2) is 17.3 Å². The van der Waals surface area contributed by atoms with E-state index in [-0.39, 0.29) is 51.8 Å². The highest BCUT2D eigenvalue weighted by Crippen LogP contribution is 2.58. The highest BCUT2D eigenvalue weighted by molar-refractivity contribution is 7.90. The fourth-order valence-electron chi connectivity index (χ4n) is 8.05. The van der Waals surface area contributed by atoms with Gasteiger partial charge in [0.2, 0.25) is 28.6 Å². The molecule has 2 N–H and O–H groups in total. The van der Waals surface area contributed by atoms with Gasteiger partial charge >= 0.3 is 12.2 Å². The lowest BCUT2D eigenvalue weighted by atomic mass is 9.85. The number of benzene rings is 1. The predicted molar refractivity (Wildman–Crippen MR) is 189 cm³/mol. The third-order valence-corrected chi connectivity index (χ3v) is 13.1. The van der Waals surface area contributed by atoms with Gasteiger partial charge in [-0.15, -0.1) is 0 Å². The van der Waals surface area contributed by atoms with Gasteiger partial charge in [0.1, 0.15) is 12.1 Å². The normalized spacial score (nSPS) is 29.3. The van der Waals surface area contributed by atoms with Crippen LogP contribution >= 0.6 is 0 Å². The zero-order valence-electron chi connectivity index (χ0n) is 30.6. The van der Waals surface area contributed by atoms with E-state index < -0.39 is 74.1 Å². The molecule has 5 atom stereocenters. The maximum absolute atomic E-state index is 14.4. The second kappa shape index (κ2) is 13.8. The molecular weight excluding hydrogens is 708 g/mol. The summed E-state index contributed by atoms with van der Waals surface area (Å²) in [6.07, 6.45) is 4.21. The molecule has 2 aliphatic carbocycles. The number of nitrogens with one attached hydrogen (secondary N) is 2. The Bertz CT molecular complexity index is 1850. The van der Waals surface area contributed by atoms with Crippen LogP contribution in [0.2, 0.25) is 0 Å². The number of cyclic esters (lactones) is 1. The first-order valence-corrected chi connectivity index (χ1v) is 20.0. The van der Waals surface area contributed by atoms with E-state index in [1.807, 2.05) is 25.1 Å². The Balaban J connectivity index is 1.17. The lowest BCUT2D eigenvalue weighted by Crippen LogP contribution is -2.57. The largest absolute Gasteiger partial charge is 0.454 e. The van der Waals surface area contributed by atoms with Crippen molar-refractivity contribution in [2.45, 2.75) is 116 Å². The van der Waals surface area contributed by atoms with Crippen LogP contribution in [0, 0.1) is 16.7 Å². The molecule has 0 radical (unpaired) electrons. The molecule has 0 spiro atoms. The van der Waals surface area contributed by atoms with Crippen LogP contribution in [0.1, 0.15) is 95.8 Å². The van der Waals surface area contributed by atoms with E-state index in [4.69, 9.17) is 18.9 Å². The summed E-state index contributed by atoms with van der Waals surface area (Å²) >= 11 is 0. The zero-order chi connectivity index (χ0) is 37.9. The Labute approximate surface area is 309 Å². The average Bonchev–Trinajstić information content (AvgIpc) is 3.91. The molecule has 4 heterocycles. The number of fused-ring (bicyclic) bond motifs is 5. The molecule has 53 heavy (non-hydrogen) atoms. The molecule has 4 amide bonds. The number of sulfonamides is 1. The van der Waals surface area contributed by atoms with Gasteiger partial charge in [-0.1, -0.05) is 46.3 Å². The van der Waals surface area contributed by atoms with Crippen molar-refractivity contribution >= 4 is 45.9 Å². The second-order valence-electron chi connectivity index (χ2n) is 16.2. The highest BCUT2D eigenvalue weighted by Gasteiger charge is 2.62. The molecular formula is C37H48N4O11S. The van der Waals surface area contributed by atoms with Gasteiger partial charge in [-0.05, 0) is 60.6 Å². The SMILES string of the molecule is CC[C@H]1C[C@@]1(CC(=O)C1C[C@@H]2CN1C(=O)[C@H](C(C)(C)C)NC(=O)OCCC/C=C\c1c3c(cc4c1OCO4)CN(C3)C(=O)O2)C(=O)NS(=O)(=O)C1CC1. The minimum atomic E-state index is -3.85. The molecule has 4 bridgehead atoms. The lowest BCUT2D eigenvalue weighted by Gasteiger charge is -2.35. The Hall–Kier alpha value is -4.34. The molecule has 16 heteroatoms. The predicted octanol–water partition coefficient (Wildman–Crippen LogP) is 3.77. The summed E-state index contributed by atoms with van der Waals surface area (Å²) in [5, 5.41) is 2.10. The first-order chi connectivity index (χ1) is 25.1. The molecule has 15 nitrogen and oxygen atoms in total. The van der Waals surface area contributed by atoms with Crippen LogP contribution in [-0.4, -0.2) is 91.4 Å². The molecule has 1 unspecified atom stereocenters. The monoisotopic (exact) mass is 756 g/mol. The van der Waals surface area contributed by atoms with E-state index in [2.05, 4.69) is 10.0 Å². The quantitative estimate of drug-likeness (QED) is 0.413. The summed E-state index contributed by atoms with van der Waals surface area (Å²) in [5.41, 5.74) is 0.530. The molecule has 288 valence electrons. The number of carbonyl (C=O) groups excluding carboxylic acids is 5. The smallest absolute Gasteiger partial charge is 0.410 e. The highest BCUT2D eigenvalue weighted by atomic mass is 32.2. The number of amides is 4. The number of alkyl carbamates (subject to hydrolysis) is 1. The van der Waals surface area contributed by atoms with Crippen molar-refractivity contribution in [1.82, 2.24) is 19.8 Å². The Kier molecular flexibility index (Phi) is 9.64. The number of hydrogen-bond acceptors (Lipinski definition) is 11. The van der Waals surface area contributed by atoms with Crippen LogP contribution in [0.5, 0.6) is 11.5 Å². The summed E-state index contributed by atoms with van der Waals surface area (Å²) < 4.78 is 50.6. The van der Waals surface area contributed by atoms with E-state index >= 15 is 0 Å². The maximum atomic E-state index is 14.4. The van der Waals surface area contributed by atoms with Gasteiger partial charge in [-0.3, -0.25) is 24.0 Å². The number of nitrogens with zero attached hydrogens (tertiary/aromatic N) is 2. The Morgan fingerprint density at radius 1 is 1.09 bits per heavy atom. The molecule has 7 rings (SSSR count). The van der Waals surface area contributed by atoms with Gasteiger partial charge in [0.05, 0.1) is 36.4 Å². The maximum Gasteiger partial charge on any atom is 0.410 e. The summed E-state index contributed by atoms with van der Waals surface area (Å²) in [5.74, 6) is -0.731. The minimum absolute atomic E-state index is 0.0305. The van der Waals surface area contributed by atoms with Gasteiger partial charge < -0.3 is 29.2 Å². The van der Waals surface area contributed by atoms with Gasteiger partial charge in [0.25, 0.3) is 0 Å². The summed E-state index contributed by atoms with van der Waals surface area (Å²) in [6, 6.07) is -0.343. The number of rotatable bonds is 7. The number of allylic oxidation sites excluding steroid dienone is 1. The molecule has 2 saturated carbocycles. The van der Waals surface area contributed by atoms with Crippen molar-refractivity contribution in [3.8, 4) is 11.5 Å². The number of Topliss-reactive ketones (excluding diaryl/α,β-unsaturated/α-hetero) is 1. The molecule has 3 fully saturated rings. The van der Waals surface area contributed by atoms with E-state index in [9.17, 15) is 32.4 Å². The van der Waals surface area contributed by atoms with Crippen LogP contribution in [0.4, 0.5) is 9.59 Å². The molecule has 0 aromatic heterocycles. The molecule has 4 aliphatic heterocycles. The topological polar surface area (TPSA) is 187 Å².